The smallest absolute Gasteiger partial charge is 0.288 e. The lowest BCUT2D eigenvalue weighted by Crippen LogP contribution is -2.35. The normalized spacial score (nSPS) is 12.7. The minimum Gasteiger partial charge on any atom is -0.383 e. The topological polar surface area (TPSA) is 55.6 Å². The fourth-order valence-electron chi connectivity index (χ4n) is 1.96. The Labute approximate surface area is 118 Å². The third kappa shape index (κ3) is 4.45. The summed E-state index contributed by atoms with van der Waals surface area (Å²) in [6.07, 6.45) is 0. The third-order valence-electron chi connectivity index (χ3n) is 3.03. The minimum absolute atomic E-state index is 0.0467. The van der Waals surface area contributed by atoms with E-state index in [0.717, 1.165) is 12.1 Å². The van der Waals surface area contributed by atoms with Gasteiger partial charge in [-0.2, -0.15) is 0 Å². The Kier molecular flexibility index (Phi) is 6.21. The molecule has 0 aliphatic carbocycles. The van der Waals surface area contributed by atoms with E-state index in [2.05, 4.69) is 18.7 Å². The van der Waals surface area contributed by atoms with Crippen LogP contribution in [0.1, 0.15) is 19.4 Å². The summed E-state index contributed by atoms with van der Waals surface area (Å²) in [6.45, 7) is 6.23. The van der Waals surface area contributed by atoms with Gasteiger partial charge in [-0.1, -0.05) is 24.6 Å². The summed E-state index contributed by atoms with van der Waals surface area (Å²) < 4.78 is 5.13. The summed E-state index contributed by atoms with van der Waals surface area (Å²) in [6, 6.07) is 5.18. The molecular formula is C13H19ClN2O3. The number of nitro benzene ring substituents is 1. The van der Waals surface area contributed by atoms with Gasteiger partial charge in [0.25, 0.3) is 5.69 Å². The largest absolute Gasteiger partial charge is 0.383 e. The monoisotopic (exact) mass is 286 g/mol. The molecule has 0 aromatic heterocycles. The zero-order valence-electron chi connectivity index (χ0n) is 11.4. The highest BCUT2D eigenvalue weighted by atomic mass is 35.5. The fourth-order valence-corrected chi connectivity index (χ4v) is 2.14. The maximum atomic E-state index is 10.9. The summed E-state index contributed by atoms with van der Waals surface area (Å²) in [5, 5.41) is 11.0. The number of nitro groups is 1. The van der Waals surface area contributed by atoms with Gasteiger partial charge in [-0.25, -0.2) is 0 Å². The van der Waals surface area contributed by atoms with Crippen molar-refractivity contribution in [1.29, 1.82) is 0 Å². The van der Waals surface area contributed by atoms with Gasteiger partial charge in [0, 0.05) is 25.8 Å². The van der Waals surface area contributed by atoms with Gasteiger partial charge in [-0.15, -0.1) is 0 Å². The number of hydrogen-bond acceptors (Lipinski definition) is 4. The van der Waals surface area contributed by atoms with Gasteiger partial charge in [-0.3, -0.25) is 15.0 Å². The van der Waals surface area contributed by atoms with Crippen molar-refractivity contribution >= 4 is 17.3 Å². The molecule has 0 aliphatic rings. The fraction of sp³-hybridized carbons (Fsp3) is 0.538. The Hall–Kier alpha value is -1.17. The average molecular weight is 287 g/mol. The van der Waals surface area contributed by atoms with Crippen LogP contribution in [-0.2, 0) is 11.3 Å². The van der Waals surface area contributed by atoms with E-state index in [1.54, 1.807) is 13.2 Å². The van der Waals surface area contributed by atoms with Crippen molar-refractivity contribution in [1.82, 2.24) is 4.90 Å². The van der Waals surface area contributed by atoms with Gasteiger partial charge in [0.2, 0.25) is 0 Å². The molecule has 0 amide bonds. The molecule has 0 bridgehead atoms. The molecule has 19 heavy (non-hydrogen) atoms. The molecular weight excluding hydrogens is 268 g/mol. The van der Waals surface area contributed by atoms with E-state index in [9.17, 15) is 10.1 Å². The first kappa shape index (κ1) is 15.9. The number of benzene rings is 1. The molecule has 1 aromatic rings. The van der Waals surface area contributed by atoms with Gasteiger partial charge < -0.3 is 4.74 Å². The predicted octanol–water partition coefficient (Wildman–Crippen LogP) is 3.11. The van der Waals surface area contributed by atoms with Crippen molar-refractivity contribution in [3.63, 3.8) is 0 Å². The predicted molar refractivity (Wildman–Crippen MR) is 75.5 cm³/mol. The van der Waals surface area contributed by atoms with E-state index in [0.29, 0.717) is 13.2 Å². The van der Waals surface area contributed by atoms with Crippen LogP contribution in [0.2, 0.25) is 5.02 Å². The molecule has 0 radical (unpaired) electrons. The van der Waals surface area contributed by atoms with Crippen LogP contribution >= 0.6 is 11.6 Å². The van der Waals surface area contributed by atoms with E-state index >= 15 is 0 Å². The molecule has 0 fully saturated rings. The van der Waals surface area contributed by atoms with E-state index in [-0.39, 0.29) is 16.8 Å². The van der Waals surface area contributed by atoms with E-state index in [4.69, 9.17) is 16.3 Å². The molecule has 0 saturated heterocycles. The lowest BCUT2D eigenvalue weighted by molar-refractivity contribution is -0.384. The Morgan fingerprint density at radius 2 is 2.21 bits per heavy atom. The number of ether oxygens (including phenoxy) is 1. The quantitative estimate of drug-likeness (QED) is 0.571. The number of halogens is 1. The first-order valence-corrected chi connectivity index (χ1v) is 6.53. The van der Waals surface area contributed by atoms with Crippen molar-refractivity contribution in [3.8, 4) is 0 Å². The van der Waals surface area contributed by atoms with Gasteiger partial charge in [-0.05, 0) is 25.1 Å². The van der Waals surface area contributed by atoms with Gasteiger partial charge in [0.05, 0.1) is 11.5 Å². The van der Waals surface area contributed by atoms with Gasteiger partial charge >= 0.3 is 0 Å². The second-order valence-electron chi connectivity index (χ2n) is 4.41. The number of hydrogen-bond donors (Lipinski definition) is 0. The second kappa shape index (κ2) is 7.43. The van der Waals surface area contributed by atoms with Crippen LogP contribution in [0.5, 0.6) is 0 Å². The summed E-state index contributed by atoms with van der Waals surface area (Å²) in [4.78, 5) is 12.6. The Morgan fingerprint density at radius 1 is 1.53 bits per heavy atom. The van der Waals surface area contributed by atoms with Crippen molar-refractivity contribution in [2.24, 2.45) is 0 Å². The number of rotatable bonds is 7. The minimum atomic E-state index is -0.458. The molecule has 0 N–H and O–H groups in total. The highest BCUT2D eigenvalue weighted by Gasteiger charge is 2.16. The maximum absolute atomic E-state index is 10.9. The zero-order chi connectivity index (χ0) is 14.4. The molecule has 1 atom stereocenters. The second-order valence-corrected chi connectivity index (χ2v) is 4.82. The van der Waals surface area contributed by atoms with Crippen LogP contribution in [0.4, 0.5) is 5.69 Å². The van der Waals surface area contributed by atoms with E-state index in [1.165, 1.54) is 6.07 Å². The zero-order valence-corrected chi connectivity index (χ0v) is 12.2. The SMILES string of the molecule is CCN(Cc1ccc(Cl)c([N+](=O)[O-])c1)C(C)COC. The van der Waals surface area contributed by atoms with Crippen LogP contribution in [0.3, 0.4) is 0 Å². The van der Waals surface area contributed by atoms with Crippen molar-refractivity contribution < 1.29 is 9.66 Å². The Balaban J connectivity index is 2.85. The number of methoxy groups -OCH3 is 1. The lowest BCUT2D eigenvalue weighted by Gasteiger charge is -2.27. The molecule has 5 nitrogen and oxygen atoms in total. The number of likely N-dealkylation sites (N-methyl/N-ethyl adjacent to an activating group) is 1. The van der Waals surface area contributed by atoms with Crippen LogP contribution in [-0.4, -0.2) is 36.1 Å². The van der Waals surface area contributed by atoms with E-state index < -0.39 is 4.92 Å². The van der Waals surface area contributed by atoms with Crippen LogP contribution in [0.25, 0.3) is 0 Å². The Bertz CT molecular complexity index is 440. The van der Waals surface area contributed by atoms with Crippen molar-refractivity contribution in [2.45, 2.75) is 26.4 Å². The molecule has 1 unspecified atom stereocenters. The molecule has 106 valence electrons. The molecule has 0 heterocycles. The summed E-state index contributed by atoms with van der Waals surface area (Å²) >= 11 is 5.80. The summed E-state index contributed by atoms with van der Waals surface area (Å²) in [5.74, 6) is 0. The molecule has 0 spiro atoms. The molecule has 1 rings (SSSR count). The van der Waals surface area contributed by atoms with Crippen LogP contribution < -0.4 is 0 Å². The van der Waals surface area contributed by atoms with Gasteiger partial charge in [0.1, 0.15) is 5.02 Å². The van der Waals surface area contributed by atoms with Crippen LogP contribution in [0.15, 0.2) is 18.2 Å². The molecule has 1 aromatic carbocycles. The summed E-state index contributed by atoms with van der Waals surface area (Å²) in [7, 11) is 1.66. The van der Waals surface area contributed by atoms with Crippen molar-refractivity contribution in [2.75, 3.05) is 20.3 Å². The number of nitrogens with zero attached hydrogens (tertiary/aromatic N) is 2. The maximum Gasteiger partial charge on any atom is 0.288 e. The highest BCUT2D eigenvalue weighted by molar-refractivity contribution is 6.32. The standard InChI is InChI=1S/C13H19ClN2O3/c1-4-15(10(2)9-19-3)8-11-5-6-12(14)13(7-11)16(17)18/h5-7,10H,4,8-9H2,1-3H3. The molecule has 0 aliphatic heterocycles. The lowest BCUT2D eigenvalue weighted by atomic mass is 10.1. The average Bonchev–Trinajstić information content (AvgIpc) is 2.37. The van der Waals surface area contributed by atoms with Crippen molar-refractivity contribution in [3.05, 3.63) is 38.9 Å². The highest BCUT2D eigenvalue weighted by Crippen LogP contribution is 2.25. The third-order valence-corrected chi connectivity index (χ3v) is 3.35. The first-order valence-electron chi connectivity index (χ1n) is 6.15. The summed E-state index contributed by atoms with van der Waals surface area (Å²) in [5.41, 5.74) is 0.829. The van der Waals surface area contributed by atoms with Crippen LogP contribution in [0, 0.1) is 10.1 Å². The molecule has 0 saturated carbocycles. The van der Waals surface area contributed by atoms with E-state index in [1.807, 2.05) is 6.07 Å². The molecule has 6 heteroatoms. The first-order chi connectivity index (χ1) is 8.99. The Morgan fingerprint density at radius 3 is 2.74 bits per heavy atom. The van der Waals surface area contributed by atoms with Gasteiger partial charge in [0.15, 0.2) is 0 Å².